The minimum absolute atomic E-state index is 0.0261. The average molecular weight is 261 g/mol. The maximum atomic E-state index is 6.18. The number of aryl methyl sites for hydroxylation is 1. The molecule has 2 atom stereocenters. The Morgan fingerprint density at radius 1 is 1.26 bits per heavy atom. The van der Waals surface area contributed by atoms with Crippen molar-refractivity contribution in [1.82, 2.24) is 19.6 Å². The van der Waals surface area contributed by atoms with Crippen molar-refractivity contribution >= 4 is 5.65 Å². The topological polar surface area (TPSA) is 78.3 Å². The van der Waals surface area contributed by atoms with Gasteiger partial charge in [0, 0.05) is 18.4 Å². The molecule has 2 heterocycles. The van der Waals surface area contributed by atoms with E-state index in [1.54, 1.807) is 6.20 Å². The van der Waals surface area contributed by atoms with Crippen LogP contribution in [-0.2, 0) is 0 Å². The minimum Gasteiger partial charge on any atom is -0.470 e. The van der Waals surface area contributed by atoms with Gasteiger partial charge in [-0.3, -0.25) is 4.40 Å². The molecule has 6 nitrogen and oxygen atoms in total. The van der Waals surface area contributed by atoms with Gasteiger partial charge in [0.1, 0.15) is 11.9 Å². The molecule has 0 amide bonds. The van der Waals surface area contributed by atoms with Crippen molar-refractivity contribution in [2.75, 3.05) is 0 Å². The van der Waals surface area contributed by atoms with E-state index in [-0.39, 0.29) is 12.1 Å². The summed E-state index contributed by atoms with van der Waals surface area (Å²) in [7, 11) is 0. The van der Waals surface area contributed by atoms with E-state index in [2.05, 4.69) is 15.2 Å². The molecule has 2 N–H and O–H groups in total. The molecular formula is C13H19N5O. The van der Waals surface area contributed by atoms with Gasteiger partial charge in [-0.15, -0.1) is 10.2 Å². The normalized spacial score (nSPS) is 24.3. The summed E-state index contributed by atoms with van der Waals surface area (Å²) >= 11 is 0. The van der Waals surface area contributed by atoms with Crippen LogP contribution in [0.5, 0.6) is 5.88 Å². The van der Waals surface area contributed by atoms with E-state index in [4.69, 9.17) is 10.5 Å². The first-order valence-corrected chi connectivity index (χ1v) is 6.84. The Kier molecular flexibility index (Phi) is 3.33. The molecule has 19 heavy (non-hydrogen) atoms. The second-order valence-electron chi connectivity index (χ2n) is 5.13. The number of rotatable bonds is 2. The molecule has 1 aliphatic rings. The van der Waals surface area contributed by atoms with Crippen LogP contribution in [-0.4, -0.2) is 31.7 Å². The molecule has 3 rings (SSSR count). The molecule has 2 aromatic heterocycles. The van der Waals surface area contributed by atoms with Crippen LogP contribution in [0.4, 0.5) is 0 Å². The van der Waals surface area contributed by atoms with Gasteiger partial charge >= 0.3 is 0 Å². The second-order valence-corrected chi connectivity index (χ2v) is 5.13. The summed E-state index contributed by atoms with van der Waals surface area (Å²) in [5, 5.41) is 8.17. The lowest BCUT2D eigenvalue weighted by Gasteiger charge is -2.22. The molecule has 0 aliphatic heterocycles. The summed E-state index contributed by atoms with van der Waals surface area (Å²) in [6.45, 7) is 1.90. The molecule has 6 heteroatoms. The fraction of sp³-hybridized carbons (Fsp3) is 0.615. The van der Waals surface area contributed by atoms with Gasteiger partial charge in [0.25, 0.3) is 5.88 Å². The fourth-order valence-electron chi connectivity index (χ4n) is 2.59. The van der Waals surface area contributed by atoms with Gasteiger partial charge in [0.15, 0.2) is 0 Å². The molecule has 1 fully saturated rings. The summed E-state index contributed by atoms with van der Waals surface area (Å²) in [6, 6.07) is 0.0774. The van der Waals surface area contributed by atoms with E-state index in [0.29, 0.717) is 11.5 Å². The zero-order chi connectivity index (χ0) is 13.2. The monoisotopic (exact) mass is 261 g/mol. The molecule has 1 saturated carbocycles. The van der Waals surface area contributed by atoms with Gasteiger partial charge in [0.05, 0.1) is 0 Å². The zero-order valence-corrected chi connectivity index (χ0v) is 11.1. The molecule has 2 aromatic rings. The highest BCUT2D eigenvalue weighted by atomic mass is 16.5. The van der Waals surface area contributed by atoms with Crippen molar-refractivity contribution in [3.8, 4) is 5.88 Å². The average Bonchev–Trinajstić information content (AvgIpc) is 2.67. The first-order valence-electron chi connectivity index (χ1n) is 6.84. The van der Waals surface area contributed by atoms with Crippen LogP contribution in [0.1, 0.15) is 37.9 Å². The van der Waals surface area contributed by atoms with Crippen molar-refractivity contribution in [2.24, 2.45) is 5.73 Å². The first kappa shape index (κ1) is 12.3. The molecule has 0 spiro atoms. The predicted octanol–water partition coefficient (Wildman–Crippen LogP) is 1.47. The van der Waals surface area contributed by atoms with Crippen molar-refractivity contribution in [2.45, 2.75) is 51.2 Å². The van der Waals surface area contributed by atoms with Crippen molar-refractivity contribution < 1.29 is 4.74 Å². The van der Waals surface area contributed by atoms with Crippen LogP contribution < -0.4 is 10.5 Å². The number of nitrogens with zero attached hydrogens (tertiary/aromatic N) is 4. The largest absolute Gasteiger partial charge is 0.470 e. The van der Waals surface area contributed by atoms with Crippen LogP contribution in [0, 0.1) is 6.92 Å². The van der Waals surface area contributed by atoms with E-state index in [0.717, 1.165) is 25.1 Å². The Bertz CT molecular complexity index is 567. The number of hydrogen-bond acceptors (Lipinski definition) is 5. The summed E-state index contributed by atoms with van der Waals surface area (Å²) in [5.74, 6) is 1.36. The lowest BCUT2D eigenvalue weighted by Crippen LogP contribution is -2.38. The van der Waals surface area contributed by atoms with Crippen molar-refractivity contribution in [3.05, 3.63) is 18.2 Å². The summed E-state index contributed by atoms with van der Waals surface area (Å²) in [4.78, 5) is 4.28. The molecule has 0 aromatic carbocycles. The smallest absolute Gasteiger partial charge is 0.260 e. The highest BCUT2D eigenvalue weighted by Gasteiger charge is 2.23. The van der Waals surface area contributed by atoms with Gasteiger partial charge in [-0.25, -0.2) is 4.98 Å². The second kappa shape index (κ2) is 5.13. The summed E-state index contributed by atoms with van der Waals surface area (Å²) in [5.41, 5.74) is 6.84. The van der Waals surface area contributed by atoms with Gasteiger partial charge in [0.2, 0.25) is 5.65 Å². The highest BCUT2D eigenvalue weighted by Crippen LogP contribution is 2.23. The number of hydrogen-bond donors (Lipinski definition) is 1. The van der Waals surface area contributed by atoms with Crippen LogP contribution in [0.2, 0.25) is 0 Å². The lowest BCUT2D eigenvalue weighted by molar-refractivity contribution is 0.157. The first-order chi connectivity index (χ1) is 9.25. The molecule has 2 unspecified atom stereocenters. The van der Waals surface area contributed by atoms with Gasteiger partial charge in [-0.1, -0.05) is 12.8 Å². The van der Waals surface area contributed by atoms with E-state index in [9.17, 15) is 0 Å². The standard InChI is InChI=1S/C13H19N5O/c1-9-16-17-12-13(15-7-8-18(9)12)19-11-6-4-2-3-5-10(11)14/h7-8,10-11H,2-6,14H2,1H3. The van der Waals surface area contributed by atoms with Gasteiger partial charge in [-0.2, -0.15) is 0 Å². The van der Waals surface area contributed by atoms with E-state index < -0.39 is 0 Å². The quantitative estimate of drug-likeness (QED) is 0.828. The molecular weight excluding hydrogens is 242 g/mol. The molecule has 1 aliphatic carbocycles. The summed E-state index contributed by atoms with van der Waals surface area (Å²) in [6.07, 6.45) is 9.14. The Balaban J connectivity index is 1.88. The SMILES string of the molecule is Cc1nnc2c(OC3CCCCCC3N)nccn12. The minimum atomic E-state index is 0.0261. The van der Waals surface area contributed by atoms with E-state index >= 15 is 0 Å². The fourth-order valence-corrected chi connectivity index (χ4v) is 2.59. The Labute approximate surface area is 112 Å². The third kappa shape index (κ3) is 2.40. The third-order valence-electron chi connectivity index (χ3n) is 3.73. The number of aromatic nitrogens is 4. The van der Waals surface area contributed by atoms with Crippen LogP contribution >= 0.6 is 0 Å². The lowest BCUT2D eigenvalue weighted by atomic mass is 10.1. The molecule has 102 valence electrons. The number of ether oxygens (including phenoxy) is 1. The van der Waals surface area contributed by atoms with Gasteiger partial charge < -0.3 is 10.5 Å². The predicted molar refractivity (Wildman–Crippen MR) is 71.0 cm³/mol. The number of nitrogens with two attached hydrogens (primary N) is 1. The van der Waals surface area contributed by atoms with Gasteiger partial charge in [-0.05, 0) is 26.2 Å². The Morgan fingerprint density at radius 3 is 3.00 bits per heavy atom. The Hall–Kier alpha value is -1.69. The third-order valence-corrected chi connectivity index (χ3v) is 3.73. The zero-order valence-electron chi connectivity index (χ0n) is 11.1. The maximum absolute atomic E-state index is 6.18. The maximum Gasteiger partial charge on any atom is 0.260 e. The van der Waals surface area contributed by atoms with Crippen LogP contribution in [0.3, 0.4) is 0 Å². The van der Waals surface area contributed by atoms with Crippen molar-refractivity contribution in [1.29, 1.82) is 0 Å². The molecule has 0 bridgehead atoms. The molecule has 0 radical (unpaired) electrons. The highest BCUT2D eigenvalue weighted by molar-refractivity contribution is 5.48. The van der Waals surface area contributed by atoms with Crippen LogP contribution in [0.15, 0.2) is 12.4 Å². The van der Waals surface area contributed by atoms with E-state index in [1.165, 1.54) is 12.8 Å². The van der Waals surface area contributed by atoms with E-state index in [1.807, 2.05) is 17.5 Å². The molecule has 0 saturated heterocycles. The number of fused-ring (bicyclic) bond motifs is 1. The van der Waals surface area contributed by atoms with Crippen molar-refractivity contribution in [3.63, 3.8) is 0 Å². The summed E-state index contributed by atoms with van der Waals surface area (Å²) < 4.78 is 7.89. The van der Waals surface area contributed by atoms with Crippen LogP contribution in [0.25, 0.3) is 5.65 Å². The Morgan fingerprint density at radius 2 is 2.11 bits per heavy atom.